The number of benzene rings is 1. The molecule has 0 aliphatic rings. The summed E-state index contributed by atoms with van der Waals surface area (Å²) < 4.78 is 5.20. The van der Waals surface area contributed by atoms with Gasteiger partial charge >= 0.3 is 5.63 Å². The Morgan fingerprint density at radius 2 is 2.04 bits per heavy atom. The van der Waals surface area contributed by atoms with Gasteiger partial charge in [0.25, 0.3) is 5.91 Å². The molecule has 5 nitrogen and oxygen atoms in total. The summed E-state index contributed by atoms with van der Waals surface area (Å²) in [6.07, 6.45) is -0.668. The second-order valence-electron chi connectivity index (χ2n) is 5.93. The van der Waals surface area contributed by atoms with Gasteiger partial charge in [-0.2, -0.15) is 11.3 Å². The van der Waals surface area contributed by atoms with Crippen LogP contribution in [0.4, 0.5) is 0 Å². The molecule has 0 aliphatic heterocycles. The highest BCUT2D eigenvalue weighted by Gasteiger charge is 2.16. The van der Waals surface area contributed by atoms with E-state index in [-0.39, 0.29) is 12.1 Å². The number of amides is 1. The van der Waals surface area contributed by atoms with Gasteiger partial charge in [0, 0.05) is 15.1 Å². The summed E-state index contributed by atoms with van der Waals surface area (Å²) in [5, 5.41) is 17.6. The van der Waals surface area contributed by atoms with Gasteiger partial charge in [0.1, 0.15) is 17.3 Å². The molecule has 0 spiro atoms. The predicted molar refractivity (Wildman–Crippen MR) is 106 cm³/mol. The van der Waals surface area contributed by atoms with Crippen molar-refractivity contribution in [1.82, 2.24) is 5.32 Å². The number of rotatable bonds is 5. The third kappa shape index (κ3) is 3.71. The SMILES string of the molecule is O=C(NCc1ccc(C(O)c2ccsc2)s1)c1cc2ccccc2oc1=O. The molecule has 0 saturated heterocycles. The third-order valence-electron chi connectivity index (χ3n) is 4.12. The van der Waals surface area contributed by atoms with Crippen molar-refractivity contribution in [2.24, 2.45) is 0 Å². The van der Waals surface area contributed by atoms with Gasteiger partial charge in [0.2, 0.25) is 0 Å². The van der Waals surface area contributed by atoms with E-state index in [1.54, 1.807) is 18.2 Å². The zero-order valence-corrected chi connectivity index (χ0v) is 15.7. The van der Waals surface area contributed by atoms with Crippen LogP contribution in [0.15, 0.2) is 68.5 Å². The molecule has 27 heavy (non-hydrogen) atoms. The molecule has 0 bridgehead atoms. The van der Waals surface area contributed by atoms with Gasteiger partial charge < -0.3 is 14.8 Å². The lowest BCUT2D eigenvalue weighted by molar-refractivity contribution is 0.0948. The molecule has 4 aromatic rings. The molecular weight excluding hydrogens is 382 g/mol. The fourth-order valence-corrected chi connectivity index (χ4v) is 4.36. The zero-order valence-electron chi connectivity index (χ0n) is 14.0. The normalized spacial score (nSPS) is 12.2. The smallest absolute Gasteiger partial charge is 0.349 e. The van der Waals surface area contributed by atoms with Crippen molar-refractivity contribution in [3.8, 4) is 0 Å². The summed E-state index contributed by atoms with van der Waals surface area (Å²) in [4.78, 5) is 26.1. The Balaban J connectivity index is 1.47. The van der Waals surface area contributed by atoms with Gasteiger partial charge in [-0.05, 0) is 46.7 Å². The topological polar surface area (TPSA) is 79.5 Å². The van der Waals surface area contributed by atoms with Crippen LogP contribution >= 0.6 is 22.7 Å². The van der Waals surface area contributed by atoms with Crippen LogP contribution in [0.1, 0.15) is 31.8 Å². The molecule has 4 rings (SSSR count). The maximum Gasteiger partial charge on any atom is 0.349 e. The van der Waals surface area contributed by atoms with E-state index >= 15 is 0 Å². The van der Waals surface area contributed by atoms with Crippen LogP contribution in [-0.2, 0) is 6.54 Å². The molecular formula is C20H15NO4S2. The van der Waals surface area contributed by atoms with Crippen molar-refractivity contribution >= 4 is 39.5 Å². The van der Waals surface area contributed by atoms with E-state index in [9.17, 15) is 14.7 Å². The minimum absolute atomic E-state index is 0.0243. The Bertz CT molecular complexity index is 1140. The van der Waals surface area contributed by atoms with Crippen molar-refractivity contribution in [2.45, 2.75) is 12.6 Å². The van der Waals surface area contributed by atoms with E-state index in [1.807, 2.05) is 35.0 Å². The summed E-state index contributed by atoms with van der Waals surface area (Å²) in [6, 6.07) is 14.2. The first-order chi connectivity index (χ1) is 13.1. The number of hydrogen-bond acceptors (Lipinski definition) is 6. The molecule has 1 unspecified atom stereocenters. The van der Waals surface area contributed by atoms with Crippen molar-refractivity contribution in [3.05, 3.63) is 90.6 Å². The number of nitrogens with one attached hydrogen (secondary N) is 1. The van der Waals surface area contributed by atoms with Crippen LogP contribution in [0.5, 0.6) is 0 Å². The van der Waals surface area contributed by atoms with Gasteiger partial charge in [0.15, 0.2) is 0 Å². The lowest BCUT2D eigenvalue weighted by Gasteiger charge is -2.06. The maximum absolute atomic E-state index is 12.4. The number of aliphatic hydroxyl groups is 1. The minimum Gasteiger partial charge on any atom is -0.422 e. The number of carbonyl (C=O) groups is 1. The molecule has 0 radical (unpaired) electrons. The van der Waals surface area contributed by atoms with E-state index in [2.05, 4.69) is 5.32 Å². The van der Waals surface area contributed by atoms with E-state index in [1.165, 1.54) is 28.7 Å². The van der Waals surface area contributed by atoms with Gasteiger partial charge in [-0.3, -0.25) is 4.79 Å². The summed E-state index contributed by atoms with van der Waals surface area (Å²) in [5.74, 6) is -0.483. The molecule has 136 valence electrons. The number of fused-ring (bicyclic) bond motifs is 1. The molecule has 0 aliphatic carbocycles. The Hall–Kier alpha value is -2.74. The fraction of sp³-hybridized carbons (Fsp3) is 0.100. The van der Waals surface area contributed by atoms with Crippen LogP contribution in [0.3, 0.4) is 0 Å². The second kappa shape index (κ2) is 7.48. The van der Waals surface area contributed by atoms with Gasteiger partial charge in [-0.1, -0.05) is 18.2 Å². The maximum atomic E-state index is 12.4. The van der Waals surface area contributed by atoms with Crippen LogP contribution < -0.4 is 10.9 Å². The highest BCUT2D eigenvalue weighted by atomic mass is 32.1. The highest BCUT2D eigenvalue weighted by Crippen LogP contribution is 2.29. The van der Waals surface area contributed by atoms with Crippen LogP contribution in [-0.4, -0.2) is 11.0 Å². The number of thiophene rings is 2. The molecule has 3 aromatic heterocycles. The summed E-state index contributed by atoms with van der Waals surface area (Å²) in [5.41, 5.74) is 0.616. The van der Waals surface area contributed by atoms with E-state index in [0.717, 1.165) is 15.3 Å². The zero-order chi connectivity index (χ0) is 18.8. The average Bonchev–Trinajstić information content (AvgIpc) is 3.37. The largest absolute Gasteiger partial charge is 0.422 e. The highest BCUT2D eigenvalue weighted by molar-refractivity contribution is 7.12. The second-order valence-corrected chi connectivity index (χ2v) is 7.91. The van der Waals surface area contributed by atoms with Gasteiger partial charge in [-0.15, -0.1) is 11.3 Å². The van der Waals surface area contributed by atoms with Gasteiger partial charge in [0.05, 0.1) is 6.54 Å². The van der Waals surface area contributed by atoms with Gasteiger partial charge in [-0.25, -0.2) is 4.79 Å². The Kier molecular flexibility index (Phi) is 4.89. The fourth-order valence-electron chi connectivity index (χ4n) is 2.71. The third-order valence-corrected chi connectivity index (χ3v) is 5.96. The average molecular weight is 397 g/mol. The monoisotopic (exact) mass is 397 g/mol. The summed E-state index contributed by atoms with van der Waals surface area (Å²) in [7, 11) is 0. The quantitative estimate of drug-likeness (QED) is 0.500. The molecule has 2 N–H and O–H groups in total. The number of hydrogen-bond donors (Lipinski definition) is 2. The molecule has 1 amide bonds. The first kappa shape index (κ1) is 17.7. The summed E-state index contributed by atoms with van der Waals surface area (Å²) >= 11 is 2.95. The van der Waals surface area contributed by atoms with E-state index in [0.29, 0.717) is 11.0 Å². The lowest BCUT2D eigenvalue weighted by atomic mass is 10.1. The summed E-state index contributed by atoms with van der Waals surface area (Å²) in [6.45, 7) is 0.270. The van der Waals surface area contributed by atoms with Crippen molar-refractivity contribution in [3.63, 3.8) is 0 Å². The molecule has 0 fully saturated rings. The first-order valence-electron chi connectivity index (χ1n) is 8.21. The first-order valence-corrected chi connectivity index (χ1v) is 9.97. The number of aliphatic hydroxyl groups excluding tert-OH is 1. The Morgan fingerprint density at radius 1 is 1.19 bits per heavy atom. The molecule has 3 heterocycles. The van der Waals surface area contributed by atoms with Crippen LogP contribution in [0.25, 0.3) is 11.0 Å². The number of carbonyl (C=O) groups excluding carboxylic acids is 1. The lowest BCUT2D eigenvalue weighted by Crippen LogP contribution is -2.27. The van der Waals surface area contributed by atoms with E-state index < -0.39 is 17.6 Å². The van der Waals surface area contributed by atoms with Crippen LogP contribution in [0.2, 0.25) is 0 Å². The number of para-hydroxylation sites is 1. The van der Waals surface area contributed by atoms with Crippen molar-refractivity contribution < 1.29 is 14.3 Å². The molecule has 7 heteroatoms. The standard InChI is InChI=1S/C20H15NO4S2/c22-18(13-7-8-26-11-13)17-6-5-14(27-17)10-21-19(23)15-9-12-3-1-2-4-16(12)25-20(15)24/h1-9,11,18,22H,10H2,(H,21,23). The minimum atomic E-state index is -0.668. The molecule has 1 aromatic carbocycles. The van der Waals surface area contributed by atoms with Crippen molar-refractivity contribution in [2.75, 3.05) is 0 Å². The predicted octanol–water partition coefficient (Wildman–Crippen LogP) is 3.93. The van der Waals surface area contributed by atoms with Crippen molar-refractivity contribution in [1.29, 1.82) is 0 Å². The van der Waals surface area contributed by atoms with E-state index in [4.69, 9.17) is 4.42 Å². The van der Waals surface area contributed by atoms with Crippen LogP contribution in [0, 0.1) is 0 Å². The molecule has 0 saturated carbocycles. The molecule has 1 atom stereocenters. The Labute approximate surface area is 162 Å². The Morgan fingerprint density at radius 3 is 2.85 bits per heavy atom.